The lowest BCUT2D eigenvalue weighted by atomic mass is 10.1. The van der Waals surface area contributed by atoms with Crippen molar-refractivity contribution in [2.24, 2.45) is 0 Å². The zero-order valence-electron chi connectivity index (χ0n) is 17.7. The molecule has 0 fully saturated rings. The summed E-state index contributed by atoms with van der Waals surface area (Å²) in [6.07, 6.45) is 21.6. The summed E-state index contributed by atoms with van der Waals surface area (Å²) in [4.78, 5) is 21.8. The van der Waals surface area contributed by atoms with Gasteiger partial charge in [0.2, 0.25) is 0 Å². The summed E-state index contributed by atoms with van der Waals surface area (Å²) in [7, 11) is 0. The van der Waals surface area contributed by atoms with E-state index in [9.17, 15) is 9.59 Å². The van der Waals surface area contributed by atoms with E-state index in [1.807, 2.05) is 6.08 Å². The number of allylic oxidation sites excluding steroid dienone is 1. The van der Waals surface area contributed by atoms with Gasteiger partial charge in [-0.2, -0.15) is 0 Å². The largest absolute Gasteiger partial charge is 0.461 e. The fourth-order valence-corrected chi connectivity index (χ4v) is 2.92. The third-order valence-electron chi connectivity index (χ3n) is 4.64. The SMILES string of the molecule is CCCCCCCC/C=C\COC(=O)CCCCCNCCCCCC=O. The number of unbranched alkanes of at least 4 members (excludes halogenated alkanes) is 11. The topological polar surface area (TPSA) is 55.4 Å². The summed E-state index contributed by atoms with van der Waals surface area (Å²) in [6, 6.07) is 0. The normalized spacial score (nSPS) is 11.1. The van der Waals surface area contributed by atoms with Gasteiger partial charge in [0, 0.05) is 12.8 Å². The highest BCUT2D eigenvalue weighted by Gasteiger charge is 2.01. The maximum Gasteiger partial charge on any atom is 0.306 e. The summed E-state index contributed by atoms with van der Waals surface area (Å²) >= 11 is 0. The highest BCUT2D eigenvalue weighted by Crippen LogP contribution is 2.07. The highest BCUT2D eigenvalue weighted by atomic mass is 16.5. The number of hydrogen-bond acceptors (Lipinski definition) is 4. The molecule has 0 aliphatic heterocycles. The van der Waals surface area contributed by atoms with Crippen LogP contribution in [0.15, 0.2) is 12.2 Å². The van der Waals surface area contributed by atoms with Gasteiger partial charge in [-0.05, 0) is 51.6 Å². The fourth-order valence-electron chi connectivity index (χ4n) is 2.92. The molecule has 0 bridgehead atoms. The van der Waals surface area contributed by atoms with Crippen molar-refractivity contribution in [3.63, 3.8) is 0 Å². The van der Waals surface area contributed by atoms with Crippen LogP contribution in [0.4, 0.5) is 0 Å². The van der Waals surface area contributed by atoms with E-state index in [0.717, 1.165) is 64.3 Å². The number of nitrogens with one attached hydrogen (secondary N) is 1. The molecule has 0 aromatic carbocycles. The maximum atomic E-state index is 11.6. The molecule has 0 radical (unpaired) electrons. The van der Waals surface area contributed by atoms with Gasteiger partial charge in [-0.1, -0.05) is 64.0 Å². The van der Waals surface area contributed by atoms with Crippen molar-refractivity contribution in [3.05, 3.63) is 12.2 Å². The summed E-state index contributed by atoms with van der Waals surface area (Å²) in [5.74, 6) is -0.0812. The highest BCUT2D eigenvalue weighted by molar-refractivity contribution is 5.69. The third-order valence-corrected chi connectivity index (χ3v) is 4.64. The number of hydrogen-bond donors (Lipinski definition) is 1. The van der Waals surface area contributed by atoms with Crippen molar-refractivity contribution in [1.29, 1.82) is 0 Å². The first-order valence-corrected chi connectivity index (χ1v) is 11.3. The number of ether oxygens (including phenoxy) is 1. The molecular weight excluding hydrogens is 338 g/mol. The number of esters is 1. The molecule has 0 saturated carbocycles. The number of rotatable bonds is 21. The Bertz CT molecular complexity index is 356. The van der Waals surface area contributed by atoms with E-state index in [1.54, 1.807) is 0 Å². The van der Waals surface area contributed by atoms with Crippen molar-refractivity contribution in [2.75, 3.05) is 19.7 Å². The molecular formula is C23H43NO3. The molecule has 27 heavy (non-hydrogen) atoms. The molecule has 0 unspecified atom stereocenters. The molecule has 0 aliphatic carbocycles. The minimum atomic E-state index is -0.0812. The van der Waals surface area contributed by atoms with Gasteiger partial charge in [0.25, 0.3) is 0 Å². The van der Waals surface area contributed by atoms with Crippen LogP contribution in [0.25, 0.3) is 0 Å². The Morgan fingerprint density at radius 3 is 2.15 bits per heavy atom. The summed E-state index contributed by atoms with van der Waals surface area (Å²) in [5, 5.41) is 3.41. The van der Waals surface area contributed by atoms with Gasteiger partial charge in [0.15, 0.2) is 0 Å². The molecule has 0 aromatic rings. The Kier molecular flexibility index (Phi) is 21.9. The lowest BCUT2D eigenvalue weighted by molar-refractivity contribution is -0.142. The molecule has 0 heterocycles. The van der Waals surface area contributed by atoms with Gasteiger partial charge < -0.3 is 14.8 Å². The first-order chi connectivity index (χ1) is 13.3. The zero-order valence-corrected chi connectivity index (χ0v) is 17.7. The first kappa shape index (κ1) is 25.8. The van der Waals surface area contributed by atoms with Crippen LogP contribution in [-0.4, -0.2) is 32.0 Å². The van der Waals surface area contributed by atoms with Gasteiger partial charge in [-0.25, -0.2) is 0 Å². The third kappa shape index (κ3) is 22.8. The van der Waals surface area contributed by atoms with Crippen LogP contribution < -0.4 is 5.32 Å². The molecule has 4 heteroatoms. The molecule has 0 aliphatic rings. The minimum Gasteiger partial charge on any atom is -0.461 e. The van der Waals surface area contributed by atoms with Crippen LogP contribution in [-0.2, 0) is 14.3 Å². The molecule has 1 N–H and O–H groups in total. The van der Waals surface area contributed by atoms with E-state index in [2.05, 4.69) is 18.3 Å². The van der Waals surface area contributed by atoms with Crippen molar-refractivity contribution in [2.45, 2.75) is 103 Å². The first-order valence-electron chi connectivity index (χ1n) is 11.3. The van der Waals surface area contributed by atoms with E-state index in [1.165, 1.54) is 38.5 Å². The van der Waals surface area contributed by atoms with Crippen LogP contribution in [0.2, 0.25) is 0 Å². The summed E-state index contributed by atoms with van der Waals surface area (Å²) in [6.45, 7) is 4.68. The predicted molar refractivity (Wildman–Crippen MR) is 114 cm³/mol. The lowest BCUT2D eigenvalue weighted by Gasteiger charge is -2.05. The van der Waals surface area contributed by atoms with E-state index in [-0.39, 0.29) is 5.97 Å². The molecule has 4 nitrogen and oxygen atoms in total. The van der Waals surface area contributed by atoms with Crippen LogP contribution in [0.3, 0.4) is 0 Å². The quantitative estimate of drug-likeness (QED) is 0.119. The number of carbonyl (C=O) groups excluding carboxylic acids is 2. The molecule has 0 amide bonds. The molecule has 0 aromatic heterocycles. The minimum absolute atomic E-state index is 0.0812. The molecule has 0 atom stereocenters. The summed E-state index contributed by atoms with van der Waals surface area (Å²) in [5.41, 5.74) is 0. The smallest absolute Gasteiger partial charge is 0.306 e. The van der Waals surface area contributed by atoms with Gasteiger partial charge in [-0.3, -0.25) is 4.79 Å². The fraction of sp³-hybridized carbons (Fsp3) is 0.826. The van der Waals surface area contributed by atoms with Crippen LogP contribution >= 0.6 is 0 Å². The predicted octanol–water partition coefficient (Wildman–Crippen LogP) is 5.75. The monoisotopic (exact) mass is 381 g/mol. The lowest BCUT2D eigenvalue weighted by Crippen LogP contribution is -2.16. The van der Waals surface area contributed by atoms with E-state index in [4.69, 9.17) is 4.74 Å². The average Bonchev–Trinajstić information content (AvgIpc) is 2.67. The Balaban J connectivity index is 3.23. The second-order valence-corrected chi connectivity index (χ2v) is 7.29. The Hall–Kier alpha value is -1.16. The Morgan fingerprint density at radius 1 is 0.778 bits per heavy atom. The van der Waals surface area contributed by atoms with Crippen molar-refractivity contribution >= 4 is 12.3 Å². The Morgan fingerprint density at radius 2 is 1.41 bits per heavy atom. The van der Waals surface area contributed by atoms with Gasteiger partial charge in [0.1, 0.15) is 12.9 Å². The summed E-state index contributed by atoms with van der Waals surface area (Å²) < 4.78 is 5.23. The molecule has 0 rings (SSSR count). The zero-order chi connectivity index (χ0) is 19.8. The number of aldehydes is 1. The van der Waals surface area contributed by atoms with E-state index < -0.39 is 0 Å². The van der Waals surface area contributed by atoms with Crippen molar-refractivity contribution in [3.8, 4) is 0 Å². The second kappa shape index (κ2) is 22.9. The van der Waals surface area contributed by atoms with Gasteiger partial charge in [0.05, 0.1) is 0 Å². The van der Waals surface area contributed by atoms with Crippen LogP contribution in [0.5, 0.6) is 0 Å². The standard InChI is InChI=1S/C23H43NO3/c1-2-3-4-5-6-7-8-11-17-22-27-23(26)18-13-12-15-20-24-19-14-9-10-16-21-25/h11,17,21,24H,2-10,12-16,18-20,22H2,1H3/b17-11-. The molecule has 0 spiro atoms. The van der Waals surface area contributed by atoms with Crippen LogP contribution in [0.1, 0.15) is 103 Å². The second-order valence-electron chi connectivity index (χ2n) is 7.29. The van der Waals surface area contributed by atoms with Gasteiger partial charge in [-0.15, -0.1) is 0 Å². The van der Waals surface area contributed by atoms with Crippen molar-refractivity contribution < 1.29 is 14.3 Å². The van der Waals surface area contributed by atoms with E-state index in [0.29, 0.717) is 19.4 Å². The van der Waals surface area contributed by atoms with Gasteiger partial charge >= 0.3 is 5.97 Å². The molecule has 158 valence electrons. The van der Waals surface area contributed by atoms with Crippen LogP contribution in [0, 0.1) is 0 Å². The average molecular weight is 382 g/mol. The maximum absolute atomic E-state index is 11.6. The molecule has 0 saturated heterocycles. The Labute approximate surface area is 167 Å². The number of carbonyl (C=O) groups is 2. The van der Waals surface area contributed by atoms with Crippen molar-refractivity contribution in [1.82, 2.24) is 5.32 Å². The van der Waals surface area contributed by atoms with E-state index >= 15 is 0 Å².